The highest BCUT2D eigenvalue weighted by Gasteiger charge is 2.25. The Labute approximate surface area is 183 Å². The van der Waals surface area contributed by atoms with Gasteiger partial charge in [0.15, 0.2) is 5.96 Å². The van der Waals surface area contributed by atoms with Crippen molar-refractivity contribution in [2.24, 2.45) is 4.99 Å². The molecule has 0 amide bonds. The summed E-state index contributed by atoms with van der Waals surface area (Å²) in [6, 6.07) is 17.1. The minimum absolute atomic E-state index is 0.337. The van der Waals surface area contributed by atoms with Crippen LogP contribution in [-0.2, 0) is 13.1 Å². The Balaban J connectivity index is 1.30. The minimum atomic E-state index is 0.337. The van der Waals surface area contributed by atoms with Crippen LogP contribution in [0, 0.1) is 0 Å². The zero-order valence-electron chi connectivity index (χ0n) is 18.2. The van der Waals surface area contributed by atoms with E-state index in [1.165, 1.54) is 11.1 Å². The molecular formula is C24H30N6O. The molecule has 31 heavy (non-hydrogen) atoms. The summed E-state index contributed by atoms with van der Waals surface area (Å²) >= 11 is 0. The van der Waals surface area contributed by atoms with Crippen molar-refractivity contribution in [2.45, 2.75) is 25.6 Å². The highest BCUT2D eigenvalue weighted by molar-refractivity contribution is 5.80. The standard InChI is InChI=1S/C24H30N6O/c1-25-24(27-15-19-6-5-7-20(14-19)16-29-13-11-26-18-29)28-21-10-12-30(17-21)22-8-3-4-9-23(22)31-2/h3-9,11,13-14,18,21H,10,12,15-17H2,1-2H3,(H2,25,27,28). The molecule has 1 aliphatic heterocycles. The van der Waals surface area contributed by atoms with E-state index < -0.39 is 0 Å². The maximum atomic E-state index is 5.52. The third-order valence-corrected chi connectivity index (χ3v) is 5.55. The fourth-order valence-corrected chi connectivity index (χ4v) is 3.99. The highest BCUT2D eigenvalue weighted by atomic mass is 16.5. The first kappa shape index (κ1) is 20.8. The van der Waals surface area contributed by atoms with Crippen molar-refractivity contribution in [3.8, 4) is 5.75 Å². The number of anilines is 1. The van der Waals surface area contributed by atoms with Gasteiger partial charge in [-0.2, -0.15) is 0 Å². The number of methoxy groups -OCH3 is 1. The number of guanidine groups is 1. The van der Waals surface area contributed by atoms with E-state index in [4.69, 9.17) is 4.74 Å². The van der Waals surface area contributed by atoms with E-state index >= 15 is 0 Å². The zero-order valence-corrected chi connectivity index (χ0v) is 18.2. The van der Waals surface area contributed by atoms with Crippen molar-refractivity contribution in [1.82, 2.24) is 20.2 Å². The molecular weight excluding hydrogens is 388 g/mol. The first-order chi connectivity index (χ1) is 15.2. The van der Waals surface area contributed by atoms with Crippen LogP contribution in [0.15, 0.2) is 72.2 Å². The molecule has 0 aliphatic carbocycles. The summed E-state index contributed by atoms with van der Waals surface area (Å²) < 4.78 is 7.59. The fourth-order valence-electron chi connectivity index (χ4n) is 3.99. The molecule has 1 atom stereocenters. The number of nitrogens with one attached hydrogen (secondary N) is 2. The largest absolute Gasteiger partial charge is 0.495 e. The van der Waals surface area contributed by atoms with Gasteiger partial charge in [0.25, 0.3) is 0 Å². The van der Waals surface area contributed by atoms with Gasteiger partial charge in [-0.15, -0.1) is 0 Å². The molecule has 3 aromatic rings. The lowest BCUT2D eigenvalue weighted by Gasteiger charge is -2.22. The normalized spacial score (nSPS) is 16.4. The minimum Gasteiger partial charge on any atom is -0.495 e. The molecule has 1 aromatic heterocycles. The number of ether oxygens (including phenoxy) is 1. The van der Waals surface area contributed by atoms with Crippen LogP contribution < -0.4 is 20.3 Å². The number of hydrogen-bond donors (Lipinski definition) is 2. The number of para-hydroxylation sites is 2. The molecule has 1 fully saturated rings. The molecule has 7 nitrogen and oxygen atoms in total. The number of rotatable bonds is 7. The van der Waals surface area contributed by atoms with Gasteiger partial charge in [-0.3, -0.25) is 4.99 Å². The first-order valence-corrected chi connectivity index (χ1v) is 10.6. The van der Waals surface area contributed by atoms with Crippen molar-refractivity contribution in [3.63, 3.8) is 0 Å². The van der Waals surface area contributed by atoms with E-state index in [0.717, 1.165) is 50.0 Å². The maximum Gasteiger partial charge on any atom is 0.191 e. The summed E-state index contributed by atoms with van der Waals surface area (Å²) in [7, 11) is 3.54. The lowest BCUT2D eigenvalue weighted by Crippen LogP contribution is -2.44. The monoisotopic (exact) mass is 418 g/mol. The first-order valence-electron chi connectivity index (χ1n) is 10.6. The third kappa shape index (κ3) is 5.36. The van der Waals surface area contributed by atoms with Gasteiger partial charge in [0, 0.05) is 51.7 Å². The molecule has 0 radical (unpaired) electrons. The number of nitrogens with zero attached hydrogens (tertiary/aromatic N) is 4. The summed E-state index contributed by atoms with van der Waals surface area (Å²) in [4.78, 5) is 10.9. The van der Waals surface area contributed by atoms with Crippen LogP contribution in [-0.4, -0.2) is 48.8 Å². The van der Waals surface area contributed by atoms with Gasteiger partial charge in [0.1, 0.15) is 5.75 Å². The lowest BCUT2D eigenvalue weighted by molar-refractivity contribution is 0.415. The van der Waals surface area contributed by atoms with E-state index in [-0.39, 0.29) is 0 Å². The molecule has 1 saturated heterocycles. The van der Waals surface area contributed by atoms with E-state index in [1.807, 2.05) is 31.7 Å². The van der Waals surface area contributed by atoms with E-state index in [0.29, 0.717) is 6.04 Å². The Morgan fingerprint density at radius 2 is 2.06 bits per heavy atom. The van der Waals surface area contributed by atoms with Crippen molar-refractivity contribution in [3.05, 3.63) is 78.4 Å². The molecule has 0 spiro atoms. The molecule has 7 heteroatoms. The predicted molar refractivity (Wildman–Crippen MR) is 125 cm³/mol. The average molecular weight is 419 g/mol. The molecule has 2 heterocycles. The van der Waals surface area contributed by atoms with Gasteiger partial charge in [-0.25, -0.2) is 4.98 Å². The molecule has 1 unspecified atom stereocenters. The Hall–Kier alpha value is -3.48. The molecule has 2 N–H and O–H groups in total. The van der Waals surface area contributed by atoms with Crippen LogP contribution in [0.25, 0.3) is 0 Å². The van der Waals surface area contributed by atoms with Gasteiger partial charge in [0.2, 0.25) is 0 Å². The van der Waals surface area contributed by atoms with Gasteiger partial charge >= 0.3 is 0 Å². The highest BCUT2D eigenvalue weighted by Crippen LogP contribution is 2.30. The molecule has 162 valence electrons. The molecule has 2 aromatic carbocycles. The molecule has 0 bridgehead atoms. The van der Waals surface area contributed by atoms with E-state index in [1.54, 1.807) is 13.3 Å². The van der Waals surface area contributed by atoms with Crippen molar-refractivity contribution in [2.75, 3.05) is 32.1 Å². The van der Waals surface area contributed by atoms with Gasteiger partial charge < -0.3 is 24.8 Å². The summed E-state index contributed by atoms with van der Waals surface area (Å²) in [6.07, 6.45) is 6.68. The second-order valence-electron chi connectivity index (χ2n) is 7.73. The second kappa shape index (κ2) is 10.0. The summed E-state index contributed by atoms with van der Waals surface area (Å²) in [5.74, 6) is 1.74. The number of aromatic nitrogens is 2. The van der Waals surface area contributed by atoms with Crippen LogP contribution in [0.5, 0.6) is 5.75 Å². The van der Waals surface area contributed by atoms with Crippen LogP contribution >= 0.6 is 0 Å². The Bertz CT molecular complexity index is 1000. The third-order valence-electron chi connectivity index (χ3n) is 5.55. The molecule has 0 saturated carbocycles. The van der Waals surface area contributed by atoms with Crippen molar-refractivity contribution < 1.29 is 4.74 Å². The fraction of sp³-hybridized carbons (Fsp3) is 0.333. The number of benzene rings is 2. The van der Waals surface area contributed by atoms with Gasteiger partial charge in [-0.05, 0) is 29.7 Å². The molecule has 1 aliphatic rings. The van der Waals surface area contributed by atoms with Crippen LogP contribution in [0.4, 0.5) is 5.69 Å². The van der Waals surface area contributed by atoms with Crippen LogP contribution in [0.2, 0.25) is 0 Å². The Kier molecular flexibility index (Phi) is 6.72. The van der Waals surface area contributed by atoms with Gasteiger partial charge in [-0.1, -0.05) is 36.4 Å². The number of aliphatic imine (C=N–C) groups is 1. The van der Waals surface area contributed by atoms with Crippen molar-refractivity contribution in [1.29, 1.82) is 0 Å². The second-order valence-corrected chi connectivity index (χ2v) is 7.73. The van der Waals surface area contributed by atoms with E-state index in [9.17, 15) is 0 Å². The molecule has 4 rings (SSSR count). The SMILES string of the molecule is CN=C(NCc1cccc(Cn2ccnc2)c1)NC1CCN(c2ccccc2OC)C1. The Morgan fingerprint density at radius 1 is 1.19 bits per heavy atom. The smallest absolute Gasteiger partial charge is 0.191 e. The summed E-state index contributed by atoms with van der Waals surface area (Å²) in [5.41, 5.74) is 3.62. The number of hydrogen-bond acceptors (Lipinski definition) is 4. The number of imidazole rings is 1. The van der Waals surface area contributed by atoms with Crippen LogP contribution in [0.3, 0.4) is 0 Å². The maximum absolute atomic E-state index is 5.52. The van der Waals surface area contributed by atoms with Crippen molar-refractivity contribution >= 4 is 11.6 Å². The van der Waals surface area contributed by atoms with E-state index in [2.05, 4.69) is 66.5 Å². The summed E-state index contributed by atoms with van der Waals surface area (Å²) in [5, 5.41) is 7.02. The summed E-state index contributed by atoms with van der Waals surface area (Å²) in [6.45, 7) is 3.45. The quantitative estimate of drug-likeness (QED) is 0.456. The lowest BCUT2D eigenvalue weighted by atomic mass is 10.1. The average Bonchev–Trinajstić information content (AvgIpc) is 3.49. The van der Waals surface area contributed by atoms with Gasteiger partial charge in [0.05, 0.1) is 19.1 Å². The Morgan fingerprint density at radius 3 is 2.87 bits per heavy atom. The topological polar surface area (TPSA) is 66.7 Å². The zero-order chi connectivity index (χ0) is 21.5. The van der Waals surface area contributed by atoms with Crippen LogP contribution in [0.1, 0.15) is 17.5 Å². The predicted octanol–water partition coefficient (Wildman–Crippen LogP) is 2.88.